The SMILES string of the molecule is O=C(O)Nc1ccc(-c2ccc(C(=O)C(F)(F)F)s2)cc1. The van der Waals surface area contributed by atoms with E-state index in [0.717, 1.165) is 17.4 Å². The molecule has 0 unspecified atom stereocenters. The van der Waals surface area contributed by atoms with Crippen LogP contribution < -0.4 is 5.32 Å². The number of carbonyl (C=O) groups excluding carboxylic acids is 1. The smallest absolute Gasteiger partial charge is 0.455 e. The minimum absolute atomic E-state index is 0.342. The van der Waals surface area contributed by atoms with Crippen LogP contribution >= 0.6 is 11.3 Å². The molecule has 2 N–H and O–H groups in total. The van der Waals surface area contributed by atoms with Crippen molar-refractivity contribution >= 4 is 28.9 Å². The van der Waals surface area contributed by atoms with Gasteiger partial charge < -0.3 is 5.11 Å². The van der Waals surface area contributed by atoms with E-state index in [0.29, 0.717) is 16.1 Å². The van der Waals surface area contributed by atoms with Gasteiger partial charge in [0.05, 0.1) is 4.88 Å². The number of nitrogens with one attached hydrogen (secondary N) is 1. The summed E-state index contributed by atoms with van der Waals surface area (Å²) in [5.41, 5.74) is 0.937. The number of hydrogen-bond acceptors (Lipinski definition) is 3. The topological polar surface area (TPSA) is 66.4 Å². The zero-order valence-corrected chi connectivity index (χ0v) is 11.1. The van der Waals surface area contributed by atoms with Gasteiger partial charge in [-0.15, -0.1) is 11.3 Å². The molecular formula is C13H8F3NO3S. The number of hydrogen-bond donors (Lipinski definition) is 2. The Bertz CT molecular complexity index is 677. The summed E-state index contributed by atoms with van der Waals surface area (Å²) in [7, 11) is 0. The molecule has 2 rings (SSSR count). The van der Waals surface area contributed by atoms with E-state index in [1.54, 1.807) is 12.1 Å². The number of amides is 1. The van der Waals surface area contributed by atoms with Gasteiger partial charge in [-0.25, -0.2) is 4.79 Å². The van der Waals surface area contributed by atoms with Crippen molar-refractivity contribution in [3.05, 3.63) is 41.3 Å². The summed E-state index contributed by atoms with van der Waals surface area (Å²) in [5, 5.41) is 10.7. The van der Waals surface area contributed by atoms with Crippen molar-refractivity contribution in [3.8, 4) is 10.4 Å². The normalized spacial score (nSPS) is 11.2. The fourth-order valence-corrected chi connectivity index (χ4v) is 2.57. The number of alkyl halides is 3. The van der Waals surface area contributed by atoms with E-state index in [1.807, 2.05) is 0 Å². The Labute approximate surface area is 120 Å². The van der Waals surface area contributed by atoms with Gasteiger partial charge in [-0.1, -0.05) is 12.1 Å². The van der Waals surface area contributed by atoms with E-state index >= 15 is 0 Å². The molecule has 8 heteroatoms. The number of thiophene rings is 1. The average molecular weight is 315 g/mol. The van der Waals surface area contributed by atoms with Gasteiger partial charge in [0.1, 0.15) is 0 Å². The third kappa shape index (κ3) is 3.60. The van der Waals surface area contributed by atoms with Crippen LogP contribution in [-0.2, 0) is 0 Å². The van der Waals surface area contributed by atoms with Crippen molar-refractivity contribution in [2.75, 3.05) is 5.32 Å². The first-order valence-electron chi connectivity index (χ1n) is 5.59. The molecule has 0 spiro atoms. The second kappa shape index (κ2) is 5.57. The van der Waals surface area contributed by atoms with E-state index in [2.05, 4.69) is 5.32 Å². The predicted octanol–water partition coefficient (Wildman–Crippen LogP) is 4.25. The van der Waals surface area contributed by atoms with Crippen molar-refractivity contribution in [1.29, 1.82) is 0 Å². The lowest BCUT2D eigenvalue weighted by Gasteiger charge is -2.03. The number of rotatable bonds is 3. The molecule has 0 bridgehead atoms. The Hall–Kier alpha value is -2.35. The molecule has 0 saturated heterocycles. The van der Waals surface area contributed by atoms with Crippen LogP contribution in [0.25, 0.3) is 10.4 Å². The molecule has 0 atom stereocenters. The molecular weight excluding hydrogens is 307 g/mol. The van der Waals surface area contributed by atoms with Crippen LogP contribution in [0, 0.1) is 0 Å². The summed E-state index contributed by atoms with van der Waals surface area (Å²) in [4.78, 5) is 21.6. The largest absolute Gasteiger partial charge is 0.465 e. The van der Waals surface area contributed by atoms with E-state index in [9.17, 15) is 22.8 Å². The molecule has 0 aliphatic heterocycles. The third-order valence-electron chi connectivity index (χ3n) is 2.51. The van der Waals surface area contributed by atoms with Crippen molar-refractivity contribution < 1.29 is 27.9 Å². The number of ketones is 1. The minimum atomic E-state index is -4.89. The molecule has 1 aromatic heterocycles. The summed E-state index contributed by atoms with van der Waals surface area (Å²) in [5.74, 6) is -1.87. The molecule has 4 nitrogen and oxygen atoms in total. The standard InChI is InChI=1S/C13H8F3NO3S/c14-13(15,16)11(18)10-6-5-9(21-10)7-1-3-8(4-2-7)17-12(19)20/h1-6,17H,(H,19,20). The molecule has 0 aliphatic rings. The number of carbonyl (C=O) groups is 2. The molecule has 0 aliphatic carbocycles. The monoisotopic (exact) mass is 315 g/mol. The highest BCUT2D eigenvalue weighted by Gasteiger charge is 2.40. The van der Waals surface area contributed by atoms with Gasteiger partial charge in [0.25, 0.3) is 5.78 Å². The van der Waals surface area contributed by atoms with E-state index in [-0.39, 0.29) is 4.88 Å². The summed E-state index contributed by atoms with van der Waals surface area (Å²) in [6, 6.07) is 8.61. The first-order chi connectivity index (χ1) is 9.77. The highest BCUT2D eigenvalue weighted by Crippen LogP contribution is 2.32. The van der Waals surface area contributed by atoms with Gasteiger partial charge in [0, 0.05) is 10.6 Å². The molecule has 1 amide bonds. The fourth-order valence-electron chi connectivity index (χ4n) is 1.60. The quantitative estimate of drug-likeness (QED) is 0.832. The van der Waals surface area contributed by atoms with Crippen molar-refractivity contribution in [2.24, 2.45) is 0 Å². The summed E-state index contributed by atoms with van der Waals surface area (Å²) < 4.78 is 36.9. The Morgan fingerprint density at radius 2 is 1.67 bits per heavy atom. The maximum atomic E-state index is 12.3. The predicted molar refractivity (Wildman–Crippen MR) is 71.8 cm³/mol. The maximum Gasteiger partial charge on any atom is 0.455 e. The first-order valence-corrected chi connectivity index (χ1v) is 6.41. The second-order valence-corrected chi connectivity index (χ2v) is 5.08. The fraction of sp³-hybridized carbons (Fsp3) is 0.0769. The highest BCUT2D eigenvalue weighted by atomic mass is 32.1. The van der Waals surface area contributed by atoms with Gasteiger partial charge in [0.15, 0.2) is 0 Å². The molecule has 0 fully saturated rings. The Morgan fingerprint density at radius 1 is 1.05 bits per heavy atom. The van der Waals surface area contributed by atoms with E-state index in [1.165, 1.54) is 18.2 Å². The van der Waals surface area contributed by atoms with Gasteiger partial charge in [-0.05, 0) is 29.8 Å². The van der Waals surface area contributed by atoms with Crippen molar-refractivity contribution in [3.63, 3.8) is 0 Å². The molecule has 0 saturated carbocycles. The van der Waals surface area contributed by atoms with Crippen LogP contribution in [0.3, 0.4) is 0 Å². The molecule has 110 valence electrons. The van der Waals surface area contributed by atoms with Crippen LogP contribution in [0.1, 0.15) is 9.67 Å². The molecule has 21 heavy (non-hydrogen) atoms. The molecule has 0 radical (unpaired) electrons. The van der Waals surface area contributed by atoms with Gasteiger partial charge in [-0.3, -0.25) is 10.1 Å². The Balaban J connectivity index is 2.22. The van der Waals surface area contributed by atoms with Gasteiger partial charge >= 0.3 is 12.3 Å². The average Bonchev–Trinajstić information content (AvgIpc) is 2.86. The number of carboxylic acid groups (broad SMARTS) is 1. The number of benzene rings is 1. The zero-order chi connectivity index (χ0) is 15.6. The van der Waals surface area contributed by atoms with Crippen LogP contribution in [-0.4, -0.2) is 23.2 Å². The Kier molecular flexibility index (Phi) is 3.99. The van der Waals surface area contributed by atoms with Gasteiger partial charge in [-0.2, -0.15) is 13.2 Å². The van der Waals surface area contributed by atoms with Gasteiger partial charge in [0.2, 0.25) is 0 Å². The number of halogens is 3. The molecule has 2 aromatic rings. The summed E-state index contributed by atoms with van der Waals surface area (Å²) in [6.07, 6.45) is -6.10. The first kappa shape index (κ1) is 15.0. The Morgan fingerprint density at radius 3 is 2.19 bits per heavy atom. The van der Waals surface area contributed by atoms with E-state index in [4.69, 9.17) is 5.11 Å². The lowest BCUT2D eigenvalue weighted by Crippen LogP contribution is -2.21. The van der Waals surface area contributed by atoms with Crippen LogP contribution in [0.4, 0.5) is 23.7 Å². The van der Waals surface area contributed by atoms with Crippen LogP contribution in [0.2, 0.25) is 0 Å². The molecule has 1 aromatic carbocycles. The molecule has 1 heterocycles. The zero-order valence-electron chi connectivity index (χ0n) is 10.3. The van der Waals surface area contributed by atoms with Crippen molar-refractivity contribution in [2.45, 2.75) is 6.18 Å². The maximum absolute atomic E-state index is 12.3. The van der Waals surface area contributed by atoms with Crippen LogP contribution in [0.15, 0.2) is 36.4 Å². The lowest BCUT2D eigenvalue weighted by atomic mass is 10.1. The van der Waals surface area contributed by atoms with E-state index < -0.39 is 18.1 Å². The highest BCUT2D eigenvalue weighted by molar-refractivity contribution is 7.17. The number of Topliss-reactive ketones (excluding diaryl/α,β-unsaturated/α-hetero) is 1. The summed E-state index contributed by atoms with van der Waals surface area (Å²) in [6.45, 7) is 0. The number of anilines is 1. The second-order valence-electron chi connectivity index (χ2n) is 4.00. The summed E-state index contributed by atoms with van der Waals surface area (Å²) >= 11 is 0.734. The lowest BCUT2D eigenvalue weighted by molar-refractivity contribution is -0.0882. The third-order valence-corrected chi connectivity index (χ3v) is 3.64. The minimum Gasteiger partial charge on any atom is -0.465 e. The van der Waals surface area contributed by atoms with Crippen LogP contribution in [0.5, 0.6) is 0 Å². The van der Waals surface area contributed by atoms with Crippen molar-refractivity contribution in [1.82, 2.24) is 0 Å².